The van der Waals surface area contributed by atoms with Gasteiger partial charge in [-0.05, 0) is 33.8 Å². The molecule has 0 aliphatic rings. The largest absolute Gasteiger partial charge is 0.481 e. The van der Waals surface area contributed by atoms with Crippen LogP contribution in [0.2, 0.25) is 0 Å². The van der Waals surface area contributed by atoms with Gasteiger partial charge in [-0.25, -0.2) is 0 Å². The van der Waals surface area contributed by atoms with Crippen LogP contribution in [0.1, 0.15) is 29.2 Å². The fourth-order valence-electron chi connectivity index (χ4n) is 2.44. The molecule has 7 heteroatoms. The van der Waals surface area contributed by atoms with Crippen LogP contribution in [-0.2, 0) is 20.9 Å². The van der Waals surface area contributed by atoms with Crippen LogP contribution in [0.5, 0.6) is 0 Å². The molecule has 5 nitrogen and oxygen atoms in total. The van der Waals surface area contributed by atoms with Crippen LogP contribution in [0, 0.1) is 0 Å². The van der Waals surface area contributed by atoms with Gasteiger partial charge in [0.1, 0.15) is 0 Å². The molecule has 1 amide bonds. The molecule has 2 aromatic heterocycles. The lowest BCUT2D eigenvalue weighted by atomic mass is 9.98. The number of nitrogens with zero attached hydrogens (tertiary/aromatic N) is 1. The number of ether oxygens (including phenoxy) is 1. The van der Waals surface area contributed by atoms with Gasteiger partial charge in [0.05, 0.1) is 13.0 Å². The molecule has 0 aromatic carbocycles. The molecule has 2 heterocycles. The number of rotatable bonds is 10. The fourth-order valence-corrected chi connectivity index (χ4v) is 3.93. The normalized spacial score (nSPS) is 12.0. The Kier molecular flexibility index (Phi) is 7.42. The smallest absolute Gasteiger partial charge is 0.304 e. The summed E-state index contributed by atoms with van der Waals surface area (Å²) in [5.74, 6) is -1.22. The van der Waals surface area contributed by atoms with Crippen molar-refractivity contribution in [3.63, 3.8) is 0 Å². The summed E-state index contributed by atoms with van der Waals surface area (Å²) in [7, 11) is 1.60. The van der Waals surface area contributed by atoms with Crippen molar-refractivity contribution < 1.29 is 19.4 Å². The molecule has 130 valence electrons. The summed E-state index contributed by atoms with van der Waals surface area (Å²) in [4.78, 5) is 26.6. The van der Waals surface area contributed by atoms with Crippen molar-refractivity contribution in [2.75, 3.05) is 20.3 Å². The average Bonchev–Trinajstić information content (AvgIpc) is 3.23. The molecule has 0 aliphatic carbocycles. The Balaban J connectivity index is 2.06. The molecule has 0 saturated carbocycles. The van der Waals surface area contributed by atoms with E-state index < -0.39 is 5.97 Å². The predicted octanol–water partition coefficient (Wildman–Crippen LogP) is 3.43. The molecule has 0 spiro atoms. The number of methoxy groups -OCH3 is 1. The molecule has 2 rings (SSSR count). The van der Waals surface area contributed by atoms with Crippen molar-refractivity contribution >= 4 is 34.6 Å². The van der Waals surface area contributed by atoms with Gasteiger partial charge in [-0.2, -0.15) is 11.3 Å². The zero-order valence-electron chi connectivity index (χ0n) is 13.5. The van der Waals surface area contributed by atoms with Crippen LogP contribution in [0.4, 0.5) is 0 Å². The van der Waals surface area contributed by atoms with Crippen LogP contribution in [0.15, 0.2) is 34.3 Å². The van der Waals surface area contributed by atoms with E-state index >= 15 is 0 Å². The Morgan fingerprint density at radius 1 is 1.29 bits per heavy atom. The van der Waals surface area contributed by atoms with E-state index in [0.29, 0.717) is 19.7 Å². The molecule has 1 atom stereocenters. The van der Waals surface area contributed by atoms with Crippen LogP contribution < -0.4 is 0 Å². The van der Waals surface area contributed by atoms with Crippen LogP contribution in [0.25, 0.3) is 0 Å². The monoisotopic (exact) mass is 367 g/mol. The highest BCUT2D eigenvalue weighted by Crippen LogP contribution is 2.28. The first-order chi connectivity index (χ1) is 11.6. The third-order valence-electron chi connectivity index (χ3n) is 3.66. The minimum absolute atomic E-state index is 0.0389. The number of carbonyl (C=O) groups excluding carboxylic acids is 1. The van der Waals surface area contributed by atoms with Crippen molar-refractivity contribution in [2.45, 2.75) is 25.3 Å². The molecule has 0 fully saturated rings. The summed E-state index contributed by atoms with van der Waals surface area (Å²) < 4.78 is 5.10. The highest BCUT2D eigenvalue weighted by molar-refractivity contribution is 7.10. The van der Waals surface area contributed by atoms with E-state index in [1.807, 2.05) is 34.3 Å². The number of hydrogen-bond acceptors (Lipinski definition) is 5. The number of thiophene rings is 2. The van der Waals surface area contributed by atoms with Crippen LogP contribution in [-0.4, -0.2) is 42.1 Å². The quantitative estimate of drug-likeness (QED) is 0.699. The van der Waals surface area contributed by atoms with E-state index in [-0.39, 0.29) is 24.7 Å². The minimum Gasteiger partial charge on any atom is -0.481 e. The molecule has 0 saturated heterocycles. The van der Waals surface area contributed by atoms with Crippen molar-refractivity contribution in [1.82, 2.24) is 4.90 Å². The highest BCUT2D eigenvalue weighted by Gasteiger charge is 2.23. The fraction of sp³-hybridized carbons (Fsp3) is 0.412. The van der Waals surface area contributed by atoms with Gasteiger partial charge in [0.25, 0.3) is 0 Å². The molecule has 1 unspecified atom stereocenters. The van der Waals surface area contributed by atoms with Gasteiger partial charge in [-0.3, -0.25) is 9.59 Å². The van der Waals surface area contributed by atoms with E-state index in [0.717, 1.165) is 10.4 Å². The summed E-state index contributed by atoms with van der Waals surface area (Å²) in [5, 5.41) is 15.0. The first-order valence-corrected chi connectivity index (χ1v) is 9.45. The van der Waals surface area contributed by atoms with Gasteiger partial charge in [-0.15, -0.1) is 11.3 Å². The number of carbonyl (C=O) groups is 2. The van der Waals surface area contributed by atoms with Crippen LogP contribution in [0.3, 0.4) is 0 Å². The summed E-state index contributed by atoms with van der Waals surface area (Å²) in [6.07, 6.45) is 0.156. The Morgan fingerprint density at radius 3 is 2.71 bits per heavy atom. The standard InChI is InChI=1S/C17H21NO4S2/c1-22-6-5-18(11-13-4-8-23-12-13)16(19)9-14(10-17(20)21)15-3-2-7-24-15/h2-4,7-8,12,14H,5-6,9-11H2,1H3,(H,20,21). The van der Waals surface area contributed by atoms with E-state index in [1.165, 1.54) is 11.3 Å². The lowest BCUT2D eigenvalue weighted by Gasteiger charge is -2.24. The number of carboxylic acids is 1. The summed E-state index contributed by atoms with van der Waals surface area (Å²) in [5.41, 5.74) is 1.08. The Bertz CT molecular complexity index is 625. The lowest BCUT2D eigenvalue weighted by molar-refractivity contribution is -0.138. The van der Waals surface area contributed by atoms with Crippen molar-refractivity contribution in [3.05, 3.63) is 44.8 Å². The zero-order valence-corrected chi connectivity index (χ0v) is 15.1. The molecular weight excluding hydrogens is 346 g/mol. The highest BCUT2D eigenvalue weighted by atomic mass is 32.1. The van der Waals surface area contributed by atoms with Crippen molar-refractivity contribution in [2.24, 2.45) is 0 Å². The van der Waals surface area contributed by atoms with Gasteiger partial charge in [0.15, 0.2) is 0 Å². The topological polar surface area (TPSA) is 66.8 Å². The Morgan fingerprint density at radius 2 is 2.12 bits per heavy atom. The average molecular weight is 367 g/mol. The SMILES string of the molecule is COCCN(Cc1ccsc1)C(=O)CC(CC(=O)O)c1cccs1. The van der Waals surface area contributed by atoms with E-state index in [2.05, 4.69) is 0 Å². The van der Waals surface area contributed by atoms with Crippen molar-refractivity contribution in [1.29, 1.82) is 0 Å². The molecule has 0 aliphatic heterocycles. The molecule has 24 heavy (non-hydrogen) atoms. The van der Waals surface area contributed by atoms with Gasteiger partial charge in [0.2, 0.25) is 5.91 Å². The predicted molar refractivity (Wildman–Crippen MR) is 95.5 cm³/mol. The Hall–Kier alpha value is -1.70. The second-order valence-corrected chi connectivity index (χ2v) is 7.21. The maximum absolute atomic E-state index is 12.7. The number of carboxylic acid groups (broad SMARTS) is 1. The molecular formula is C17H21NO4S2. The zero-order chi connectivity index (χ0) is 17.4. The lowest BCUT2D eigenvalue weighted by Crippen LogP contribution is -2.34. The number of hydrogen-bond donors (Lipinski definition) is 1. The third-order valence-corrected chi connectivity index (χ3v) is 5.43. The van der Waals surface area contributed by atoms with E-state index in [1.54, 1.807) is 23.3 Å². The molecule has 2 aromatic rings. The van der Waals surface area contributed by atoms with Gasteiger partial charge < -0.3 is 14.7 Å². The first kappa shape index (κ1) is 18.6. The Labute approximate surface area is 149 Å². The second-order valence-electron chi connectivity index (χ2n) is 5.45. The summed E-state index contributed by atoms with van der Waals surface area (Å²) >= 11 is 3.09. The summed E-state index contributed by atoms with van der Waals surface area (Å²) in [6, 6.07) is 5.77. The maximum Gasteiger partial charge on any atom is 0.304 e. The molecule has 0 radical (unpaired) electrons. The second kappa shape index (κ2) is 9.56. The van der Waals surface area contributed by atoms with E-state index in [9.17, 15) is 9.59 Å². The number of aliphatic carboxylic acids is 1. The third kappa shape index (κ3) is 5.74. The minimum atomic E-state index is -0.887. The molecule has 1 N–H and O–H groups in total. The van der Waals surface area contributed by atoms with Crippen LogP contribution >= 0.6 is 22.7 Å². The van der Waals surface area contributed by atoms with E-state index in [4.69, 9.17) is 9.84 Å². The van der Waals surface area contributed by atoms with Gasteiger partial charge in [0, 0.05) is 37.4 Å². The summed E-state index contributed by atoms with van der Waals surface area (Å²) in [6.45, 7) is 1.48. The van der Waals surface area contributed by atoms with Crippen molar-refractivity contribution in [3.8, 4) is 0 Å². The molecule has 0 bridgehead atoms. The van der Waals surface area contributed by atoms with Gasteiger partial charge in [-0.1, -0.05) is 6.07 Å². The van der Waals surface area contributed by atoms with Gasteiger partial charge >= 0.3 is 5.97 Å². The first-order valence-electron chi connectivity index (χ1n) is 7.63. The number of amides is 1. The maximum atomic E-state index is 12.7.